The van der Waals surface area contributed by atoms with Crippen molar-refractivity contribution in [2.45, 2.75) is 20.8 Å². The van der Waals surface area contributed by atoms with E-state index in [1.807, 2.05) is 0 Å². The second-order valence-electron chi connectivity index (χ2n) is 5.62. The highest BCUT2D eigenvalue weighted by atomic mass is 35.5. The van der Waals surface area contributed by atoms with Gasteiger partial charge in [-0.15, -0.1) is 0 Å². The summed E-state index contributed by atoms with van der Waals surface area (Å²) in [5.41, 5.74) is 1.88. The SMILES string of the molecule is Cc1cc(NC(=O)c2ccccc2Cl)n(-c2nc(C)c(C)c(=O)[nH]2)n1. The number of amides is 1. The van der Waals surface area contributed by atoms with E-state index in [0.29, 0.717) is 33.4 Å². The lowest BCUT2D eigenvalue weighted by molar-refractivity contribution is 0.102. The van der Waals surface area contributed by atoms with Crippen LogP contribution in [0.1, 0.15) is 27.3 Å². The summed E-state index contributed by atoms with van der Waals surface area (Å²) >= 11 is 6.06. The molecule has 0 bridgehead atoms. The monoisotopic (exact) mass is 357 g/mol. The van der Waals surface area contributed by atoms with Crippen molar-refractivity contribution < 1.29 is 4.79 Å². The molecule has 0 aliphatic rings. The summed E-state index contributed by atoms with van der Waals surface area (Å²) in [6.07, 6.45) is 0. The van der Waals surface area contributed by atoms with Crippen LogP contribution < -0.4 is 10.9 Å². The van der Waals surface area contributed by atoms with Crippen molar-refractivity contribution in [3.63, 3.8) is 0 Å². The molecule has 0 atom stereocenters. The fraction of sp³-hybridized carbons (Fsp3) is 0.176. The Morgan fingerprint density at radius 3 is 2.64 bits per heavy atom. The van der Waals surface area contributed by atoms with Crippen molar-refractivity contribution in [1.82, 2.24) is 19.7 Å². The highest BCUT2D eigenvalue weighted by Gasteiger charge is 2.16. The van der Waals surface area contributed by atoms with Gasteiger partial charge in [-0.1, -0.05) is 23.7 Å². The number of hydrogen-bond donors (Lipinski definition) is 2. The van der Waals surface area contributed by atoms with Gasteiger partial charge in [0.25, 0.3) is 11.5 Å². The predicted octanol–water partition coefficient (Wildman–Crippen LogP) is 2.79. The molecule has 128 valence electrons. The summed E-state index contributed by atoms with van der Waals surface area (Å²) in [5, 5.41) is 7.40. The molecule has 25 heavy (non-hydrogen) atoms. The fourth-order valence-electron chi connectivity index (χ4n) is 2.31. The van der Waals surface area contributed by atoms with Crippen LogP contribution in [0.15, 0.2) is 35.1 Å². The molecule has 1 aromatic carbocycles. The van der Waals surface area contributed by atoms with Crippen LogP contribution in [0.25, 0.3) is 5.95 Å². The quantitative estimate of drug-likeness (QED) is 0.753. The first-order valence-corrected chi connectivity index (χ1v) is 7.95. The number of carbonyl (C=O) groups excluding carboxylic acids is 1. The Hall–Kier alpha value is -2.93. The van der Waals surface area contributed by atoms with E-state index in [1.54, 1.807) is 51.1 Å². The zero-order valence-electron chi connectivity index (χ0n) is 13.9. The molecule has 1 amide bonds. The van der Waals surface area contributed by atoms with Gasteiger partial charge in [-0.05, 0) is 32.9 Å². The topological polar surface area (TPSA) is 92.7 Å². The lowest BCUT2D eigenvalue weighted by atomic mass is 10.2. The molecule has 0 aliphatic carbocycles. The average Bonchev–Trinajstić information content (AvgIpc) is 2.93. The van der Waals surface area contributed by atoms with Crippen LogP contribution in [0.3, 0.4) is 0 Å². The molecule has 0 saturated heterocycles. The summed E-state index contributed by atoms with van der Waals surface area (Å²) in [6.45, 7) is 5.21. The van der Waals surface area contributed by atoms with Gasteiger partial charge in [0.2, 0.25) is 5.95 Å². The van der Waals surface area contributed by atoms with E-state index in [0.717, 1.165) is 0 Å². The molecule has 0 aliphatic heterocycles. The van der Waals surface area contributed by atoms with Gasteiger partial charge in [0.05, 0.1) is 16.3 Å². The predicted molar refractivity (Wildman–Crippen MR) is 95.6 cm³/mol. The van der Waals surface area contributed by atoms with Gasteiger partial charge in [-0.25, -0.2) is 4.98 Å². The third kappa shape index (κ3) is 3.32. The number of aromatic amines is 1. The first kappa shape index (κ1) is 16.9. The van der Waals surface area contributed by atoms with Crippen molar-refractivity contribution in [1.29, 1.82) is 0 Å². The van der Waals surface area contributed by atoms with Crippen LogP contribution in [-0.4, -0.2) is 25.7 Å². The number of aryl methyl sites for hydroxylation is 2. The fourth-order valence-corrected chi connectivity index (χ4v) is 2.53. The number of nitrogens with zero attached hydrogens (tertiary/aromatic N) is 3. The highest BCUT2D eigenvalue weighted by Crippen LogP contribution is 2.19. The van der Waals surface area contributed by atoms with Gasteiger partial charge in [0.1, 0.15) is 5.82 Å². The third-order valence-electron chi connectivity index (χ3n) is 3.77. The molecule has 7 nitrogen and oxygen atoms in total. The molecule has 2 N–H and O–H groups in total. The Kier molecular flexibility index (Phi) is 4.41. The number of carbonyl (C=O) groups is 1. The second kappa shape index (κ2) is 6.52. The molecule has 3 rings (SSSR count). The maximum absolute atomic E-state index is 12.5. The lowest BCUT2D eigenvalue weighted by Crippen LogP contribution is -2.21. The van der Waals surface area contributed by atoms with E-state index < -0.39 is 0 Å². The maximum Gasteiger partial charge on any atom is 0.258 e. The molecular weight excluding hydrogens is 342 g/mol. The van der Waals surface area contributed by atoms with Gasteiger partial charge in [0.15, 0.2) is 0 Å². The number of hydrogen-bond acceptors (Lipinski definition) is 4. The maximum atomic E-state index is 12.5. The van der Waals surface area contributed by atoms with Gasteiger partial charge in [-0.3, -0.25) is 14.6 Å². The van der Waals surface area contributed by atoms with Gasteiger partial charge in [0, 0.05) is 17.3 Å². The van der Waals surface area contributed by atoms with Crippen LogP contribution in [0.5, 0.6) is 0 Å². The summed E-state index contributed by atoms with van der Waals surface area (Å²) < 4.78 is 1.39. The zero-order chi connectivity index (χ0) is 18.1. The molecule has 8 heteroatoms. The molecule has 0 spiro atoms. The summed E-state index contributed by atoms with van der Waals surface area (Å²) in [4.78, 5) is 31.5. The van der Waals surface area contributed by atoms with Crippen molar-refractivity contribution in [2.24, 2.45) is 0 Å². The Morgan fingerprint density at radius 2 is 1.96 bits per heavy atom. The van der Waals surface area contributed by atoms with E-state index >= 15 is 0 Å². The number of aromatic nitrogens is 4. The second-order valence-corrected chi connectivity index (χ2v) is 6.02. The minimum Gasteiger partial charge on any atom is -0.306 e. The molecule has 3 aromatic rings. The third-order valence-corrected chi connectivity index (χ3v) is 4.10. The summed E-state index contributed by atoms with van der Waals surface area (Å²) in [6, 6.07) is 8.43. The normalized spacial score (nSPS) is 10.7. The number of rotatable bonds is 3. The van der Waals surface area contributed by atoms with Gasteiger partial charge < -0.3 is 5.32 Å². The van der Waals surface area contributed by atoms with E-state index in [2.05, 4.69) is 20.4 Å². The Bertz CT molecular complexity index is 1020. The van der Waals surface area contributed by atoms with Gasteiger partial charge in [-0.2, -0.15) is 9.78 Å². The Labute approximate surface area is 148 Å². The first-order valence-electron chi connectivity index (χ1n) is 7.57. The smallest absolute Gasteiger partial charge is 0.258 e. The van der Waals surface area contributed by atoms with Crippen LogP contribution in [0, 0.1) is 20.8 Å². The van der Waals surface area contributed by atoms with Crippen LogP contribution >= 0.6 is 11.6 Å². The summed E-state index contributed by atoms with van der Waals surface area (Å²) in [7, 11) is 0. The molecule has 0 saturated carbocycles. The number of H-pyrrole nitrogens is 1. The van der Waals surface area contributed by atoms with Gasteiger partial charge >= 0.3 is 0 Å². The van der Waals surface area contributed by atoms with Crippen molar-refractivity contribution >= 4 is 23.3 Å². The number of anilines is 1. The highest BCUT2D eigenvalue weighted by molar-refractivity contribution is 6.34. The van der Waals surface area contributed by atoms with Crippen LogP contribution in [0.4, 0.5) is 5.82 Å². The Morgan fingerprint density at radius 1 is 1.24 bits per heavy atom. The molecule has 0 fully saturated rings. The van der Waals surface area contributed by atoms with Crippen molar-refractivity contribution in [2.75, 3.05) is 5.32 Å². The minimum absolute atomic E-state index is 0.232. The van der Waals surface area contributed by atoms with Crippen molar-refractivity contribution in [3.05, 3.63) is 68.2 Å². The van der Waals surface area contributed by atoms with Crippen LogP contribution in [-0.2, 0) is 0 Å². The van der Waals surface area contributed by atoms with E-state index in [-0.39, 0.29) is 17.4 Å². The van der Waals surface area contributed by atoms with E-state index in [1.165, 1.54) is 4.68 Å². The van der Waals surface area contributed by atoms with Crippen LogP contribution in [0.2, 0.25) is 5.02 Å². The molecule has 2 heterocycles. The lowest BCUT2D eigenvalue weighted by Gasteiger charge is -2.10. The van der Waals surface area contributed by atoms with E-state index in [9.17, 15) is 9.59 Å². The standard InChI is InChI=1S/C17H16ClN5O2/c1-9-8-14(20-16(25)12-6-4-5-7-13(12)18)23(22-9)17-19-11(3)10(2)15(24)21-17/h4-8H,1-3H3,(H,20,25)(H,19,21,24). The molecule has 0 radical (unpaired) electrons. The zero-order valence-corrected chi connectivity index (χ0v) is 14.7. The first-order chi connectivity index (χ1) is 11.9. The largest absolute Gasteiger partial charge is 0.306 e. The number of benzene rings is 1. The summed E-state index contributed by atoms with van der Waals surface area (Å²) in [5.74, 6) is 0.238. The minimum atomic E-state index is -0.377. The average molecular weight is 358 g/mol. The molecular formula is C17H16ClN5O2. The Balaban J connectivity index is 2.01. The molecule has 0 unspecified atom stereocenters. The molecule has 2 aromatic heterocycles. The van der Waals surface area contributed by atoms with Crippen molar-refractivity contribution in [3.8, 4) is 5.95 Å². The number of halogens is 1. The number of nitrogens with one attached hydrogen (secondary N) is 2. The van der Waals surface area contributed by atoms with E-state index in [4.69, 9.17) is 11.6 Å².